The maximum Gasteiger partial charge on any atom is 0.407 e. The number of nitrogens with one attached hydrogen (secondary N) is 1. The van der Waals surface area contributed by atoms with Gasteiger partial charge in [0.2, 0.25) is 5.91 Å². The molecule has 184 valence electrons. The SMILES string of the molecule is O=C(NC[C@@H]1C[C@@H]1C(=O)N1CCC(F)(F)C(C(=O)O)C1)OCC1c2ccccc2-c2ccccc21. The van der Waals surface area contributed by atoms with E-state index in [1.807, 2.05) is 36.4 Å². The Morgan fingerprint density at radius 1 is 1.06 bits per heavy atom. The summed E-state index contributed by atoms with van der Waals surface area (Å²) in [6.45, 7) is -0.242. The number of amides is 2. The summed E-state index contributed by atoms with van der Waals surface area (Å²) in [4.78, 5) is 37.4. The van der Waals surface area contributed by atoms with E-state index < -0.39 is 42.8 Å². The van der Waals surface area contributed by atoms with E-state index in [4.69, 9.17) is 9.84 Å². The molecule has 1 unspecified atom stereocenters. The molecule has 1 aliphatic heterocycles. The second-order valence-corrected chi connectivity index (χ2v) is 9.49. The van der Waals surface area contributed by atoms with Crippen LogP contribution < -0.4 is 5.32 Å². The zero-order valence-corrected chi connectivity index (χ0v) is 19.0. The van der Waals surface area contributed by atoms with Gasteiger partial charge in [-0.2, -0.15) is 0 Å². The number of aliphatic carboxylic acids is 1. The quantitative estimate of drug-likeness (QED) is 0.652. The lowest BCUT2D eigenvalue weighted by atomic mass is 9.93. The first-order chi connectivity index (χ1) is 16.8. The molecule has 1 saturated heterocycles. The van der Waals surface area contributed by atoms with Crippen molar-refractivity contribution in [1.82, 2.24) is 10.2 Å². The van der Waals surface area contributed by atoms with Crippen LogP contribution in [0.4, 0.5) is 13.6 Å². The molecule has 2 N–H and O–H groups in total. The van der Waals surface area contributed by atoms with Gasteiger partial charge in [-0.05, 0) is 34.6 Å². The van der Waals surface area contributed by atoms with Gasteiger partial charge in [-0.1, -0.05) is 48.5 Å². The van der Waals surface area contributed by atoms with Gasteiger partial charge in [0.15, 0.2) is 0 Å². The maximum atomic E-state index is 13.8. The van der Waals surface area contributed by atoms with E-state index in [9.17, 15) is 23.2 Å². The summed E-state index contributed by atoms with van der Waals surface area (Å²) >= 11 is 0. The Morgan fingerprint density at radius 2 is 1.69 bits per heavy atom. The number of likely N-dealkylation sites (tertiary alicyclic amines) is 1. The molecule has 2 amide bonds. The number of alkyl halides is 2. The number of carbonyl (C=O) groups excluding carboxylic acids is 2. The van der Waals surface area contributed by atoms with E-state index in [-0.39, 0.29) is 37.4 Å². The van der Waals surface area contributed by atoms with Crippen LogP contribution in [0.3, 0.4) is 0 Å². The van der Waals surface area contributed by atoms with Crippen LogP contribution in [0.2, 0.25) is 0 Å². The highest BCUT2D eigenvalue weighted by atomic mass is 19.3. The largest absolute Gasteiger partial charge is 0.481 e. The number of hydrogen-bond donors (Lipinski definition) is 2. The molecule has 2 aromatic rings. The zero-order chi connectivity index (χ0) is 24.7. The van der Waals surface area contributed by atoms with Gasteiger partial charge in [0.1, 0.15) is 12.5 Å². The van der Waals surface area contributed by atoms with Crippen LogP contribution in [0.5, 0.6) is 0 Å². The molecule has 0 spiro atoms. The molecular formula is C26H26F2N2O5. The molecule has 9 heteroatoms. The van der Waals surface area contributed by atoms with Crippen LogP contribution in [0.15, 0.2) is 48.5 Å². The molecule has 1 saturated carbocycles. The highest BCUT2D eigenvalue weighted by molar-refractivity contribution is 5.83. The Balaban J connectivity index is 1.11. The molecule has 0 aromatic heterocycles. The summed E-state index contributed by atoms with van der Waals surface area (Å²) in [6, 6.07) is 16.1. The Morgan fingerprint density at radius 3 is 2.31 bits per heavy atom. The Bertz CT molecular complexity index is 1120. The minimum absolute atomic E-state index is 0.0530. The van der Waals surface area contributed by atoms with E-state index >= 15 is 0 Å². The number of carboxylic acids is 1. The zero-order valence-electron chi connectivity index (χ0n) is 19.0. The van der Waals surface area contributed by atoms with Gasteiger partial charge in [-0.3, -0.25) is 9.59 Å². The summed E-state index contributed by atoms with van der Waals surface area (Å²) in [5.74, 6) is -7.71. The molecule has 0 bridgehead atoms. The number of fused-ring (bicyclic) bond motifs is 3. The third-order valence-corrected chi connectivity index (χ3v) is 7.33. The number of alkyl carbamates (subject to hydrolysis) is 1. The smallest absolute Gasteiger partial charge is 0.407 e. The molecule has 3 aliphatic rings. The molecule has 7 nitrogen and oxygen atoms in total. The number of rotatable bonds is 6. The van der Waals surface area contributed by atoms with E-state index in [1.165, 1.54) is 4.90 Å². The number of carbonyl (C=O) groups is 3. The third-order valence-electron chi connectivity index (χ3n) is 7.33. The summed E-state index contributed by atoms with van der Waals surface area (Å²) in [7, 11) is 0. The Hall–Kier alpha value is -3.49. The van der Waals surface area contributed by atoms with Gasteiger partial charge in [-0.25, -0.2) is 13.6 Å². The average Bonchev–Trinajstić information content (AvgIpc) is 3.55. The lowest BCUT2D eigenvalue weighted by Crippen LogP contribution is -2.52. The van der Waals surface area contributed by atoms with Crippen molar-refractivity contribution in [2.75, 3.05) is 26.2 Å². The second-order valence-electron chi connectivity index (χ2n) is 9.49. The first kappa shape index (κ1) is 23.3. The summed E-state index contributed by atoms with van der Waals surface area (Å²) < 4.78 is 33.2. The maximum absolute atomic E-state index is 13.8. The number of halogens is 2. The van der Waals surface area contributed by atoms with Gasteiger partial charge in [-0.15, -0.1) is 0 Å². The van der Waals surface area contributed by atoms with Gasteiger partial charge < -0.3 is 20.1 Å². The Kier molecular flexibility index (Phi) is 5.94. The molecule has 35 heavy (non-hydrogen) atoms. The van der Waals surface area contributed by atoms with E-state index in [2.05, 4.69) is 17.4 Å². The van der Waals surface area contributed by atoms with Gasteiger partial charge in [0.25, 0.3) is 5.92 Å². The molecule has 0 radical (unpaired) electrons. The van der Waals surface area contributed by atoms with Crippen molar-refractivity contribution in [3.63, 3.8) is 0 Å². The average molecular weight is 484 g/mol. The van der Waals surface area contributed by atoms with E-state index in [0.717, 1.165) is 22.3 Å². The van der Waals surface area contributed by atoms with Crippen molar-refractivity contribution >= 4 is 18.0 Å². The molecule has 1 heterocycles. The summed E-state index contributed by atoms with van der Waals surface area (Å²) in [5, 5.41) is 11.8. The fourth-order valence-electron chi connectivity index (χ4n) is 5.24. The normalized spacial score (nSPS) is 24.3. The van der Waals surface area contributed by atoms with Crippen LogP contribution in [0, 0.1) is 17.8 Å². The van der Waals surface area contributed by atoms with Crippen molar-refractivity contribution in [2.45, 2.75) is 24.7 Å². The standard InChI is InChI=1S/C26H26F2N2O5/c27-26(28)9-10-30(13-22(26)24(32)33)23(31)20-11-15(20)12-29-25(34)35-14-21-18-7-3-1-5-16(18)17-6-2-4-8-19(17)21/h1-8,15,20-22H,9-14H2,(H,29,34)(H,32,33)/t15-,20-,22?/m0/s1. The number of nitrogens with zero attached hydrogens (tertiary/aromatic N) is 1. The molecule has 5 rings (SSSR count). The van der Waals surface area contributed by atoms with Crippen LogP contribution in [0.25, 0.3) is 11.1 Å². The first-order valence-electron chi connectivity index (χ1n) is 11.7. The Labute approximate surface area is 201 Å². The number of piperidine rings is 1. The van der Waals surface area contributed by atoms with Crippen LogP contribution >= 0.6 is 0 Å². The fraction of sp³-hybridized carbons (Fsp3) is 0.423. The number of benzene rings is 2. The molecule has 2 aromatic carbocycles. The van der Waals surface area contributed by atoms with Gasteiger partial charge in [0.05, 0.1) is 0 Å². The van der Waals surface area contributed by atoms with Crippen molar-refractivity contribution in [3.8, 4) is 11.1 Å². The number of hydrogen-bond acceptors (Lipinski definition) is 4. The van der Waals surface area contributed by atoms with Crippen molar-refractivity contribution in [1.29, 1.82) is 0 Å². The predicted molar refractivity (Wildman–Crippen MR) is 122 cm³/mol. The minimum atomic E-state index is -3.32. The van der Waals surface area contributed by atoms with Gasteiger partial charge in [0, 0.05) is 37.9 Å². The first-order valence-corrected chi connectivity index (χ1v) is 11.7. The van der Waals surface area contributed by atoms with Crippen LogP contribution in [0.1, 0.15) is 29.9 Å². The van der Waals surface area contributed by atoms with Crippen LogP contribution in [-0.2, 0) is 14.3 Å². The molecule has 2 fully saturated rings. The van der Waals surface area contributed by atoms with Crippen molar-refractivity contribution in [3.05, 3.63) is 59.7 Å². The highest BCUT2D eigenvalue weighted by Gasteiger charge is 2.52. The highest BCUT2D eigenvalue weighted by Crippen LogP contribution is 2.45. The van der Waals surface area contributed by atoms with E-state index in [1.54, 1.807) is 0 Å². The minimum Gasteiger partial charge on any atom is -0.481 e. The lowest BCUT2D eigenvalue weighted by Gasteiger charge is -2.36. The summed E-state index contributed by atoms with van der Waals surface area (Å²) in [6.07, 6.45) is -0.716. The van der Waals surface area contributed by atoms with Crippen molar-refractivity contribution < 1.29 is 33.0 Å². The predicted octanol–water partition coefficient (Wildman–Crippen LogP) is 3.73. The topological polar surface area (TPSA) is 95.9 Å². The fourth-order valence-corrected chi connectivity index (χ4v) is 5.24. The number of ether oxygens (including phenoxy) is 1. The second kappa shape index (κ2) is 8.94. The summed E-state index contributed by atoms with van der Waals surface area (Å²) in [5.41, 5.74) is 4.50. The number of carboxylic acid groups (broad SMARTS) is 1. The van der Waals surface area contributed by atoms with Crippen molar-refractivity contribution in [2.24, 2.45) is 17.8 Å². The molecule has 3 atom stereocenters. The molecular weight excluding hydrogens is 458 g/mol. The lowest BCUT2D eigenvalue weighted by molar-refractivity contribution is -0.169. The molecule has 2 aliphatic carbocycles. The monoisotopic (exact) mass is 484 g/mol. The van der Waals surface area contributed by atoms with E-state index in [0.29, 0.717) is 6.42 Å². The van der Waals surface area contributed by atoms with Gasteiger partial charge >= 0.3 is 12.1 Å². The van der Waals surface area contributed by atoms with Crippen LogP contribution in [-0.4, -0.2) is 60.1 Å². The third kappa shape index (κ3) is 4.47.